The molecule has 0 saturated heterocycles. The molecule has 0 bridgehead atoms. The van der Waals surface area contributed by atoms with E-state index in [1.165, 1.54) is 33.0 Å². The molecule has 2 nitrogen and oxygen atoms in total. The van der Waals surface area contributed by atoms with E-state index in [2.05, 4.69) is 79.7 Å². The van der Waals surface area contributed by atoms with Crippen molar-refractivity contribution < 1.29 is 9.68 Å². The summed E-state index contributed by atoms with van der Waals surface area (Å²) in [6, 6.07) is 33.6. The van der Waals surface area contributed by atoms with Crippen LogP contribution in [-0.4, -0.2) is 12.7 Å². The predicted octanol–water partition coefficient (Wildman–Crippen LogP) is 6.54. The van der Waals surface area contributed by atoms with Crippen LogP contribution in [0.5, 0.6) is 5.75 Å². The summed E-state index contributed by atoms with van der Waals surface area (Å²) in [5.41, 5.74) is 5.95. The van der Waals surface area contributed by atoms with Crippen LogP contribution >= 0.6 is 0 Å². The lowest BCUT2D eigenvalue weighted by atomic mass is 9.85. The predicted molar refractivity (Wildman–Crippen MR) is 126 cm³/mol. The van der Waals surface area contributed by atoms with Gasteiger partial charge >= 0.3 is 7.69 Å². The van der Waals surface area contributed by atoms with Gasteiger partial charge in [-0.1, -0.05) is 90.5 Å². The zero-order chi connectivity index (χ0) is 20.5. The molecule has 143 valence electrons. The van der Waals surface area contributed by atoms with Gasteiger partial charge in [0, 0.05) is 0 Å². The van der Waals surface area contributed by atoms with Crippen molar-refractivity contribution in [2.75, 3.05) is 0 Å². The highest BCUT2D eigenvalue weighted by Gasteiger charge is 2.17. The second-order valence-corrected chi connectivity index (χ2v) is 7.46. The minimum Gasteiger partial charge on any atom is -0.537 e. The van der Waals surface area contributed by atoms with Crippen molar-refractivity contribution in [3.8, 4) is 28.0 Å². The first-order valence-electron chi connectivity index (χ1n) is 10.00. The number of benzene rings is 5. The molecule has 3 heteroatoms. The topological polar surface area (TPSA) is 29.5 Å². The van der Waals surface area contributed by atoms with Gasteiger partial charge in [0.15, 0.2) is 0 Å². The first-order valence-corrected chi connectivity index (χ1v) is 10.00. The van der Waals surface area contributed by atoms with Gasteiger partial charge in [-0.3, -0.25) is 0 Å². The third-order valence-corrected chi connectivity index (χ3v) is 5.56. The van der Waals surface area contributed by atoms with Crippen molar-refractivity contribution >= 4 is 29.2 Å². The van der Waals surface area contributed by atoms with Crippen molar-refractivity contribution in [1.82, 2.24) is 0 Å². The minimum atomic E-state index is 0.604. The molecule has 0 fully saturated rings. The van der Waals surface area contributed by atoms with Gasteiger partial charge in [-0.15, -0.1) is 0 Å². The Kier molecular flexibility index (Phi) is 4.74. The SMILES string of the molecule is Cc1ccc2c(-c3ccccc3)c3cc(O[B]O)ccc3c(-c3ccccc3)c2c1. The molecule has 0 aliphatic heterocycles. The van der Waals surface area contributed by atoms with E-state index in [-0.39, 0.29) is 0 Å². The molecule has 0 heterocycles. The van der Waals surface area contributed by atoms with Gasteiger partial charge in [-0.2, -0.15) is 0 Å². The van der Waals surface area contributed by atoms with Crippen LogP contribution in [0.3, 0.4) is 0 Å². The molecule has 5 aromatic rings. The smallest absolute Gasteiger partial charge is 0.537 e. The molecule has 0 spiro atoms. The molecule has 0 aliphatic rings. The number of aryl methyl sites for hydroxylation is 1. The number of hydrogen-bond donors (Lipinski definition) is 1. The average Bonchev–Trinajstić information content (AvgIpc) is 2.79. The second-order valence-electron chi connectivity index (χ2n) is 7.46. The molecule has 0 aliphatic carbocycles. The molecule has 5 aromatic carbocycles. The van der Waals surface area contributed by atoms with Crippen LogP contribution in [0.25, 0.3) is 43.8 Å². The van der Waals surface area contributed by atoms with Crippen LogP contribution in [0.15, 0.2) is 97.1 Å². The Morgan fingerprint density at radius 1 is 0.600 bits per heavy atom. The molecule has 30 heavy (non-hydrogen) atoms. The summed E-state index contributed by atoms with van der Waals surface area (Å²) in [4.78, 5) is 0. The van der Waals surface area contributed by atoms with Gasteiger partial charge in [0.25, 0.3) is 0 Å². The van der Waals surface area contributed by atoms with E-state index >= 15 is 0 Å². The highest BCUT2D eigenvalue weighted by atomic mass is 16.5. The van der Waals surface area contributed by atoms with E-state index in [4.69, 9.17) is 9.68 Å². The Bertz CT molecular complexity index is 1350. The van der Waals surface area contributed by atoms with Gasteiger partial charge in [-0.05, 0) is 62.9 Å². The van der Waals surface area contributed by atoms with E-state index in [1.54, 1.807) is 0 Å². The van der Waals surface area contributed by atoms with E-state index in [9.17, 15) is 0 Å². The van der Waals surface area contributed by atoms with Crippen molar-refractivity contribution in [3.63, 3.8) is 0 Å². The Hall–Kier alpha value is -3.56. The summed E-state index contributed by atoms with van der Waals surface area (Å²) in [6.07, 6.45) is 0. The highest BCUT2D eigenvalue weighted by molar-refractivity contribution is 6.22. The maximum absolute atomic E-state index is 9.17. The van der Waals surface area contributed by atoms with Gasteiger partial charge in [0.1, 0.15) is 5.75 Å². The average molecular weight is 387 g/mol. The summed E-state index contributed by atoms with van der Waals surface area (Å²) in [5.74, 6) is 0.604. The molecular weight excluding hydrogens is 367 g/mol. The lowest BCUT2D eigenvalue weighted by Crippen LogP contribution is -2.00. The van der Waals surface area contributed by atoms with E-state index in [0.717, 1.165) is 24.0 Å². The molecular formula is C27H20BO2. The molecule has 0 amide bonds. The van der Waals surface area contributed by atoms with Crippen LogP contribution < -0.4 is 4.65 Å². The molecule has 1 radical (unpaired) electrons. The van der Waals surface area contributed by atoms with Gasteiger partial charge in [0.2, 0.25) is 0 Å². The molecule has 1 N–H and O–H groups in total. The number of hydrogen-bond acceptors (Lipinski definition) is 2. The van der Waals surface area contributed by atoms with E-state index < -0.39 is 0 Å². The van der Waals surface area contributed by atoms with Crippen LogP contribution in [-0.2, 0) is 0 Å². The fourth-order valence-electron chi connectivity index (χ4n) is 4.29. The van der Waals surface area contributed by atoms with E-state index in [0.29, 0.717) is 5.75 Å². The molecule has 0 atom stereocenters. The lowest BCUT2D eigenvalue weighted by molar-refractivity contribution is 0.454. The van der Waals surface area contributed by atoms with Crippen LogP contribution in [0.2, 0.25) is 0 Å². The van der Waals surface area contributed by atoms with Crippen molar-refractivity contribution in [2.45, 2.75) is 6.92 Å². The minimum absolute atomic E-state index is 0.604. The summed E-state index contributed by atoms with van der Waals surface area (Å²) in [5, 5.41) is 13.8. The Labute approximate surface area is 176 Å². The highest BCUT2D eigenvalue weighted by Crippen LogP contribution is 2.44. The van der Waals surface area contributed by atoms with Crippen molar-refractivity contribution in [2.24, 2.45) is 0 Å². The molecule has 0 saturated carbocycles. The van der Waals surface area contributed by atoms with Gasteiger partial charge < -0.3 is 9.68 Å². The monoisotopic (exact) mass is 387 g/mol. The first-order chi connectivity index (χ1) is 14.8. The maximum Gasteiger partial charge on any atom is 0.569 e. The zero-order valence-corrected chi connectivity index (χ0v) is 16.7. The normalized spacial score (nSPS) is 11.0. The second kappa shape index (κ2) is 7.70. The first kappa shape index (κ1) is 18.5. The third kappa shape index (κ3) is 3.14. The standard InChI is InChI=1S/C27H20BO2/c1-18-12-14-22-24(16-18)26(19-8-4-2-5-9-19)23-15-13-21(30-28-29)17-25(23)27(22)20-10-6-3-7-11-20/h2-17,29H,1H3. The molecule has 5 rings (SSSR count). The summed E-state index contributed by atoms with van der Waals surface area (Å²) >= 11 is 0. The quantitative estimate of drug-likeness (QED) is 0.280. The Balaban J connectivity index is 2.00. The van der Waals surface area contributed by atoms with Crippen LogP contribution in [0.1, 0.15) is 5.56 Å². The van der Waals surface area contributed by atoms with Gasteiger partial charge in [0.05, 0.1) is 0 Å². The number of fused-ring (bicyclic) bond motifs is 2. The Morgan fingerprint density at radius 3 is 1.70 bits per heavy atom. The van der Waals surface area contributed by atoms with E-state index in [1.807, 2.05) is 24.3 Å². The largest absolute Gasteiger partial charge is 0.569 e. The Morgan fingerprint density at radius 2 is 1.13 bits per heavy atom. The fraction of sp³-hybridized carbons (Fsp3) is 0.0370. The fourth-order valence-corrected chi connectivity index (χ4v) is 4.29. The molecule has 0 unspecified atom stereocenters. The lowest BCUT2D eigenvalue weighted by Gasteiger charge is -2.19. The summed E-state index contributed by atoms with van der Waals surface area (Å²) in [6.45, 7) is 2.13. The maximum atomic E-state index is 9.17. The summed E-state index contributed by atoms with van der Waals surface area (Å²) < 4.78 is 5.31. The number of rotatable bonds is 4. The zero-order valence-electron chi connectivity index (χ0n) is 16.7. The molecule has 0 aromatic heterocycles. The van der Waals surface area contributed by atoms with Crippen LogP contribution in [0.4, 0.5) is 0 Å². The van der Waals surface area contributed by atoms with Crippen molar-refractivity contribution in [1.29, 1.82) is 0 Å². The van der Waals surface area contributed by atoms with Crippen LogP contribution in [0, 0.1) is 6.92 Å². The van der Waals surface area contributed by atoms with Crippen molar-refractivity contribution in [3.05, 3.63) is 103 Å². The summed E-state index contributed by atoms with van der Waals surface area (Å²) in [7, 11) is 0.728. The third-order valence-electron chi connectivity index (χ3n) is 5.56. The van der Waals surface area contributed by atoms with Gasteiger partial charge in [-0.25, -0.2) is 0 Å².